The summed E-state index contributed by atoms with van der Waals surface area (Å²) in [7, 11) is 1.32. The molecule has 0 aliphatic carbocycles. The number of carbonyl (C=O) groups excluding carboxylic acids is 1. The summed E-state index contributed by atoms with van der Waals surface area (Å²) < 4.78 is 12.3. The molecule has 0 aliphatic heterocycles. The Balaban J connectivity index is 1.65. The molecule has 0 bridgehead atoms. The third-order valence-electron chi connectivity index (χ3n) is 4.51. The van der Waals surface area contributed by atoms with Crippen LogP contribution in [0.4, 0.5) is 0 Å². The van der Waals surface area contributed by atoms with Crippen LogP contribution in [0.3, 0.4) is 0 Å². The third kappa shape index (κ3) is 3.92. The van der Waals surface area contributed by atoms with E-state index >= 15 is 0 Å². The lowest BCUT2D eigenvalue weighted by Gasteiger charge is -2.08. The molecule has 4 aromatic rings. The zero-order valence-corrected chi connectivity index (χ0v) is 16.9. The summed E-state index contributed by atoms with van der Waals surface area (Å²) in [5, 5.41) is 10.4. The second-order valence-corrected chi connectivity index (χ2v) is 6.86. The van der Waals surface area contributed by atoms with Gasteiger partial charge in [-0.05, 0) is 38.1 Å². The summed E-state index contributed by atoms with van der Waals surface area (Å²) in [5.41, 5.74) is -0.116. The van der Waals surface area contributed by atoms with Crippen molar-refractivity contribution in [3.8, 4) is 17.2 Å². The van der Waals surface area contributed by atoms with E-state index in [0.717, 1.165) is 20.6 Å². The minimum Gasteiger partial charge on any atom is -0.465 e. The van der Waals surface area contributed by atoms with Gasteiger partial charge in [-0.2, -0.15) is 14.8 Å². The maximum atomic E-state index is 12.6. The zero-order valence-electron chi connectivity index (χ0n) is 16.9. The molecule has 0 unspecified atom stereocenters. The average Bonchev–Trinajstić information content (AvgIpc) is 3.41. The molecule has 0 atom stereocenters. The lowest BCUT2D eigenvalue weighted by molar-refractivity contribution is 0.0904. The first-order valence-corrected chi connectivity index (χ1v) is 9.28. The number of hydrogen-bond acceptors (Lipinski definition) is 8. The molecule has 11 heteroatoms. The number of carbonyl (C=O) groups is 1. The van der Waals surface area contributed by atoms with Gasteiger partial charge >= 0.3 is 17.5 Å². The van der Waals surface area contributed by atoms with Crippen LogP contribution in [0.15, 0.2) is 54.9 Å². The number of furan rings is 1. The first kappa shape index (κ1) is 20.0. The fourth-order valence-electron chi connectivity index (χ4n) is 2.80. The maximum absolute atomic E-state index is 12.6. The summed E-state index contributed by atoms with van der Waals surface area (Å²) in [6.07, 6.45) is 0. The van der Waals surface area contributed by atoms with Crippen LogP contribution in [0.1, 0.15) is 27.8 Å². The first-order valence-electron chi connectivity index (χ1n) is 9.28. The Morgan fingerprint density at radius 2 is 1.84 bits per heavy atom. The van der Waals surface area contributed by atoms with Gasteiger partial charge in [0, 0.05) is 7.05 Å². The van der Waals surface area contributed by atoms with E-state index in [2.05, 4.69) is 20.6 Å². The average molecular weight is 422 g/mol. The van der Waals surface area contributed by atoms with Crippen molar-refractivity contribution in [2.24, 2.45) is 7.05 Å². The highest BCUT2D eigenvalue weighted by Gasteiger charge is 2.22. The van der Waals surface area contributed by atoms with Crippen molar-refractivity contribution >= 4 is 5.91 Å². The molecule has 1 amide bonds. The number of nitrogens with zero attached hydrogens (tertiary/aromatic N) is 5. The van der Waals surface area contributed by atoms with Gasteiger partial charge in [0.25, 0.3) is 5.56 Å². The van der Waals surface area contributed by atoms with E-state index in [-0.39, 0.29) is 24.0 Å². The third-order valence-corrected chi connectivity index (χ3v) is 4.51. The Morgan fingerprint density at radius 3 is 2.52 bits per heavy atom. The molecular weight excluding hydrogens is 404 g/mol. The van der Waals surface area contributed by atoms with Crippen LogP contribution in [0, 0.1) is 13.8 Å². The van der Waals surface area contributed by atoms with Crippen molar-refractivity contribution in [3.05, 3.63) is 80.2 Å². The second-order valence-electron chi connectivity index (χ2n) is 6.86. The molecular formula is C20H18N6O5. The van der Waals surface area contributed by atoms with Crippen molar-refractivity contribution < 1.29 is 13.7 Å². The lowest BCUT2D eigenvalue weighted by atomic mass is 10.2. The van der Waals surface area contributed by atoms with Gasteiger partial charge in [0.1, 0.15) is 11.5 Å². The van der Waals surface area contributed by atoms with E-state index in [0.29, 0.717) is 11.4 Å². The molecule has 11 nitrogen and oxygen atoms in total. The van der Waals surface area contributed by atoms with E-state index in [1.54, 1.807) is 31.2 Å². The van der Waals surface area contributed by atoms with Crippen molar-refractivity contribution in [3.63, 3.8) is 0 Å². The first-order chi connectivity index (χ1) is 14.8. The molecule has 4 rings (SSSR count). The minimum absolute atomic E-state index is 0.128. The van der Waals surface area contributed by atoms with Gasteiger partial charge in [0.05, 0.1) is 12.2 Å². The molecule has 1 N–H and O–H groups in total. The normalized spacial score (nSPS) is 10.9. The summed E-state index contributed by atoms with van der Waals surface area (Å²) in [4.78, 5) is 41.3. The quantitative estimate of drug-likeness (QED) is 0.505. The molecule has 1 aromatic carbocycles. The Kier molecular flexibility index (Phi) is 5.07. The highest BCUT2D eigenvalue weighted by molar-refractivity contribution is 5.89. The topological polar surface area (TPSA) is 138 Å². The van der Waals surface area contributed by atoms with Gasteiger partial charge in [-0.3, -0.25) is 14.2 Å². The van der Waals surface area contributed by atoms with Gasteiger partial charge in [-0.15, -0.1) is 0 Å². The number of rotatable bonds is 5. The van der Waals surface area contributed by atoms with Crippen LogP contribution in [-0.4, -0.2) is 30.4 Å². The van der Waals surface area contributed by atoms with E-state index in [9.17, 15) is 14.4 Å². The minimum atomic E-state index is -0.716. The van der Waals surface area contributed by atoms with Crippen molar-refractivity contribution in [1.82, 2.24) is 29.8 Å². The molecule has 158 valence electrons. The molecule has 31 heavy (non-hydrogen) atoms. The predicted octanol–water partition coefficient (Wildman–Crippen LogP) is 1.12. The number of nitrogens with one attached hydrogen (secondary N) is 1. The second kappa shape index (κ2) is 7.86. The monoisotopic (exact) mass is 422 g/mol. The van der Waals surface area contributed by atoms with Crippen LogP contribution >= 0.6 is 0 Å². The summed E-state index contributed by atoms with van der Waals surface area (Å²) in [5.74, 6) is 0.0772. The molecule has 0 radical (unpaired) electrons. The lowest BCUT2D eigenvalue weighted by Crippen LogP contribution is -2.40. The van der Waals surface area contributed by atoms with E-state index in [1.807, 2.05) is 19.1 Å². The number of amides is 1. The molecule has 0 spiro atoms. The fourth-order valence-corrected chi connectivity index (χ4v) is 2.80. The number of hydrogen-bond donors (Lipinski definition) is 1. The highest BCUT2D eigenvalue weighted by Crippen LogP contribution is 2.11. The highest BCUT2D eigenvalue weighted by atomic mass is 16.5. The zero-order chi connectivity index (χ0) is 22.1. The largest absolute Gasteiger partial charge is 0.465 e. The molecule has 0 saturated heterocycles. The summed E-state index contributed by atoms with van der Waals surface area (Å²) in [6.45, 7) is 3.83. The smallest absolute Gasteiger partial charge is 0.351 e. The standard InChI is InChI=1S/C20H18N6O5/c1-11-4-7-13(8-5-11)26-20(29)25(3)19(28)15(23-26)16-22-18(31-24-16)17(27)21-10-14-9-6-12(2)30-14/h4-9H,10H2,1-3H3,(H,21,27). The van der Waals surface area contributed by atoms with Gasteiger partial charge in [-0.1, -0.05) is 22.9 Å². The maximum Gasteiger partial charge on any atom is 0.351 e. The molecule has 0 fully saturated rings. The van der Waals surface area contributed by atoms with E-state index in [4.69, 9.17) is 8.94 Å². The SMILES string of the molecule is Cc1ccc(-n2nc(-c3noc(C(=O)NCc4ccc(C)o4)n3)c(=O)n(C)c2=O)cc1. The number of benzene rings is 1. The van der Waals surface area contributed by atoms with Crippen molar-refractivity contribution in [2.75, 3.05) is 0 Å². The Labute approximate surface area is 174 Å². The predicted molar refractivity (Wildman–Crippen MR) is 108 cm³/mol. The van der Waals surface area contributed by atoms with Crippen LogP contribution in [-0.2, 0) is 13.6 Å². The fraction of sp³-hybridized carbons (Fsp3) is 0.200. The van der Waals surface area contributed by atoms with Crippen LogP contribution in [0.25, 0.3) is 17.2 Å². The Bertz CT molecular complexity index is 1380. The summed E-state index contributed by atoms with van der Waals surface area (Å²) in [6, 6.07) is 10.5. The summed E-state index contributed by atoms with van der Waals surface area (Å²) >= 11 is 0. The number of aromatic nitrogens is 5. The van der Waals surface area contributed by atoms with Crippen LogP contribution in [0.5, 0.6) is 0 Å². The van der Waals surface area contributed by atoms with Crippen LogP contribution in [0.2, 0.25) is 0 Å². The van der Waals surface area contributed by atoms with Gasteiger partial charge in [-0.25, -0.2) is 4.79 Å². The Hall–Kier alpha value is -4.28. The van der Waals surface area contributed by atoms with E-state index in [1.165, 1.54) is 7.05 Å². The van der Waals surface area contributed by atoms with Gasteiger partial charge < -0.3 is 14.3 Å². The molecule has 0 saturated carbocycles. The molecule has 0 aliphatic rings. The van der Waals surface area contributed by atoms with Gasteiger partial charge in [0.2, 0.25) is 5.82 Å². The Morgan fingerprint density at radius 1 is 1.10 bits per heavy atom. The molecule has 3 aromatic heterocycles. The van der Waals surface area contributed by atoms with Gasteiger partial charge in [0.15, 0.2) is 5.69 Å². The molecule has 3 heterocycles. The number of aryl methyl sites for hydroxylation is 2. The van der Waals surface area contributed by atoms with Crippen molar-refractivity contribution in [2.45, 2.75) is 20.4 Å². The van der Waals surface area contributed by atoms with E-state index < -0.39 is 17.2 Å². The van der Waals surface area contributed by atoms with Crippen molar-refractivity contribution in [1.29, 1.82) is 0 Å². The van der Waals surface area contributed by atoms with Crippen LogP contribution < -0.4 is 16.6 Å².